The van der Waals surface area contributed by atoms with E-state index in [1.165, 1.54) is 17.4 Å². The van der Waals surface area contributed by atoms with Crippen molar-refractivity contribution in [1.29, 1.82) is 0 Å². The summed E-state index contributed by atoms with van der Waals surface area (Å²) in [6, 6.07) is 10.2. The number of carbonyl (C=O) groups excluding carboxylic acids is 1. The van der Waals surface area contributed by atoms with Crippen LogP contribution < -0.4 is 10.6 Å². The number of piperidine rings is 1. The van der Waals surface area contributed by atoms with E-state index >= 15 is 0 Å². The van der Waals surface area contributed by atoms with Gasteiger partial charge in [0.1, 0.15) is 5.82 Å². The molecule has 0 aliphatic carbocycles. The van der Waals surface area contributed by atoms with Crippen molar-refractivity contribution in [3.8, 4) is 10.6 Å². The van der Waals surface area contributed by atoms with E-state index in [4.69, 9.17) is 0 Å². The summed E-state index contributed by atoms with van der Waals surface area (Å²) in [7, 11) is 1.81. The predicted molar refractivity (Wildman–Crippen MR) is 110 cm³/mol. The Hall–Kier alpha value is -2.55. The van der Waals surface area contributed by atoms with Crippen molar-refractivity contribution in [3.05, 3.63) is 64.4 Å². The van der Waals surface area contributed by atoms with E-state index < -0.39 is 0 Å². The highest BCUT2D eigenvalue weighted by Crippen LogP contribution is 2.31. The molecule has 0 bridgehead atoms. The Labute approximate surface area is 172 Å². The molecule has 2 aromatic heterocycles. The van der Waals surface area contributed by atoms with Gasteiger partial charge >= 0.3 is 0 Å². The zero-order valence-electron chi connectivity index (χ0n) is 16.1. The highest BCUT2D eigenvalue weighted by molar-refractivity contribution is 7.17. The molecule has 0 spiro atoms. The van der Waals surface area contributed by atoms with Crippen molar-refractivity contribution in [2.75, 3.05) is 13.1 Å². The molecule has 8 heteroatoms. The average molecular weight is 415 g/mol. The smallest absolute Gasteiger partial charge is 0.261 e. The molecule has 1 aromatic carbocycles. The molecule has 1 fully saturated rings. The Balaban J connectivity index is 1.53. The molecular formula is C21H23FN4O2S. The summed E-state index contributed by atoms with van der Waals surface area (Å²) in [5, 5.41) is 20.1. The molecule has 152 valence electrons. The number of aromatic nitrogens is 2. The van der Waals surface area contributed by atoms with Crippen molar-refractivity contribution in [2.45, 2.75) is 25.0 Å². The number of benzene rings is 1. The van der Waals surface area contributed by atoms with Gasteiger partial charge in [-0.15, -0.1) is 11.3 Å². The van der Waals surface area contributed by atoms with Gasteiger partial charge in [0.05, 0.1) is 28.3 Å². The van der Waals surface area contributed by atoms with Crippen LogP contribution >= 0.6 is 11.3 Å². The minimum absolute atomic E-state index is 0.0633. The van der Waals surface area contributed by atoms with E-state index in [1.54, 1.807) is 29.1 Å². The number of aliphatic hydroxyl groups excluding tert-OH is 1. The summed E-state index contributed by atoms with van der Waals surface area (Å²) >= 11 is 1.37. The molecule has 1 aliphatic heterocycles. The normalized spacial score (nSPS) is 19.3. The van der Waals surface area contributed by atoms with Gasteiger partial charge in [0, 0.05) is 31.1 Å². The van der Waals surface area contributed by atoms with Crippen LogP contribution in [-0.2, 0) is 13.7 Å². The lowest BCUT2D eigenvalue weighted by Crippen LogP contribution is -2.49. The topological polar surface area (TPSA) is 79.2 Å². The number of amides is 1. The Kier molecular flexibility index (Phi) is 5.75. The highest BCUT2D eigenvalue weighted by Gasteiger charge is 2.28. The molecule has 3 N–H and O–H groups in total. The zero-order chi connectivity index (χ0) is 20.4. The molecule has 0 radical (unpaired) electrons. The van der Waals surface area contributed by atoms with Crippen molar-refractivity contribution in [1.82, 2.24) is 20.4 Å². The number of hydrogen-bond acceptors (Lipinski definition) is 5. The lowest BCUT2D eigenvalue weighted by molar-refractivity contribution is 0.0928. The van der Waals surface area contributed by atoms with Gasteiger partial charge in [-0.25, -0.2) is 4.39 Å². The van der Waals surface area contributed by atoms with Gasteiger partial charge in [-0.3, -0.25) is 9.48 Å². The van der Waals surface area contributed by atoms with E-state index in [-0.39, 0.29) is 30.3 Å². The molecule has 4 rings (SSSR count). The third kappa shape index (κ3) is 4.10. The number of hydrogen-bond donors (Lipinski definition) is 3. The second-order valence-electron chi connectivity index (χ2n) is 7.20. The monoisotopic (exact) mass is 414 g/mol. The van der Waals surface area contributed by atoms with Gasteiger partial charge in [0.15, 0.2) is 0 Å². The minimum Gasteiger partial charge on any atom is -0.392 e. The highest BCUT2D eigenvalue weighted by atomic mass is 32.1. The molecule has 1 aliphatic rings. The number of rotatable bonds is 5. The average Bonchev–Trinajstić information content (AvgIpc) is 3.34. The van der Waals surface area contributed by atoms with E-state index in [2.05, 4.69) is 15.7 Å². The van der Waals surface area contributed by atoms with Gasteiger partial charge in [0.2, 0.25) is 0 Å². The Morgan fingerprint density at radius 2 is 2.28 bits per heavy atom. The molecule has 6 nitrogen and oxygen atoms in total. The first-order valence-electron chi connectivity index (χ1n) is 9.56. The summed E-state index contributed by atoms with van der Waals surface area (Å²) in [5.41, 5.74) is 2.45. The largest absolute Gasteiger partial charge is 0.392 e. The molecule has 0 unspecified atom stereocenters. The van der Waals surface area contributed by atoms with E-state index in [0.717, 1.165) is 34.7 Å². The first-order chi connectivity index (χ1) is 14.1. The van der Waals surface area contributed by atoms with Gasteiger partial charge in [-0.05, 0) is 42.8 Å². The fourth-order valence-corrected chi connectivity index (χ4v) is 4.91. The maximum Gasteiger partial charge on any atom is 0.261 e. The van der Waals surface area contributed by atoms with E-state index in [9.17, 15) is 14.3 Å². The SMILES string of the molecule is Cn1ncc(CO)c1-c1ccc(C(=O)N[C@@H]2CNCC[C@H]2c2cccc(F)c2)s1. The molecular weight excluding hydrogens is 391 g/mol. The quantitative estimate of drug-likeness (QED) is 0.600. The maximum atomic E-state index is 13.7. The molecule has 1 amide bonds. The predicted octanol–water partition coefficient (Wildman–Crippen LogP) is 2.66. The van der Waals surface area contributed by atoms with E-state index in [1.807, 2.05) is 19.2 Å². The van der Waals surface area contributed by atoms with Crippen LogP contribution in [-0.4, -0.2) is 39.9 Å². The molecule has 3 heterocycles. The maximum absolute atomic E-state index is 13.7. The number of aliphatic hydroxyl groups is 1. The lowest BCUT2D eigenvalue weighted by Gasteiger charge is -2.33. The van der Waals surface area contributed by atoms with Gasteiger partial charge < -0.3 is 15.7 Å². The van der Waals surface area contributed by atoms with Crippen LogP contribution in [0.2, 0.25) is 0 Å². The summed E-state index contributed by atoms with van der Waals surface area (Å²) in [5.74, 6) is -0.345. The number of aryl methyl sites for hydroxylation is 1. The van der Waals surface area contributed by atoms with Crippen molar-refractivity contribution in [2.24, 2.45) is 7.05 Å². The summed E-state index contributed by atoms with van der Waals surface area (Å²) in [4.78, 5) is 14.4. The summed E-state index contributed by atoms with van der Waals surface area (Å²) in [6.45, 7) is 1.37. The van der Waals surface area contributed by atoms with Crippen molar-refractivity contribution < 1.29 is 14.3 Å². The minimum atomic E-state index is -0.259. The molecule has 1 saturated heterocycles. The van der Waals surface area contributed by atoms with Crippen LogP contribution in [0, 0.1) is 5.82 Å². The van der Waals surface area contributed by atoms with Crippen LogP contribution in [0.1, 0.15) is 33.1 Å². The third-order valence-electron chi connectivity index (χ3n) is 5.32. The number of nitrogens with zero attached hydrogens (tertiary/aromatic N) is 2. The first-order valence-corrected chi connectivity index (χ1v) is 10.4. The third-order valence-corrected chi connectivity index (χ3v) is 6.41. The van der Waals surface area contributed by atoms with Crippen LogP contribution in [0.4, 0.5) is 4.39 Å². The first kappa shape index (κ1) is 19.8. The van der Waals surface area contributed by atoms with Crippen molar-refractivity contribution >= 4 is 17.2 Å². The molecule has 0 saturated carbocycles. The molecule has 2 atom stereocenters. The number of thiophene rings is 1. The second kappa shape index (κ2) is 8.44. The Bertz CT molecular complexity index is 1020. The van der Waals surface area contributed by atoms with E-state index in [0.29, 0.717) is 11.4 Å². The van der Waals surface area contributed by atoms with Crippen LogP contribution in [0.3, 0.4) is 0 Å². The van der Waals surface area contributed by atoms with Gasteiger partial charge in [-0.1, -0.05) is 12.1 Å². The van der Waals surface area contributed by atoms with Gasteiger partial charge in [0.25, 0.3) is 5.91 Å². The Morgan fingerprint density at radius 3 is 3.07 bits per heavy atom. The number of nitrogens with one attached hydrogen (secondary N) is 2. The fourth-order valence-electron chi connectivity index (χ4n) is 3.89. The van der Waals surface area contributed by atoms with Crippen LogP contribution in [0.25, 0.3) is 10.6 Å². The summed E-state index contributed by atoms with van der Waals surface area (Å²) < 4.78 is 15.4. The number of carbonyl (C=O) groups is 1. The molecule has 3 aromatic rings. The lowest BCUT2D eigenvalue weighted by atomic mass is 9.86. The van der Waals surface area contributed by atoms with Crippen LogP contribution in [0.5, 0.6) is 0 Å². The number of halogens is 1. The van der Waals surface area contributed by atoms with Gasteiger partial charge in [-0.2, -0.15) is 5.10 Å². The summed E-state index contributed by atoms with van der Waals surface area (Å²) in [6.07, 6.45) is 2.46. The standard InChI is InChI=1S/C21H23FN4O2S/c1-26-20(14(12-27)10-24-26)18-5-6-19(29-18)21(28)25-17-11-23-8-7-16(17)13-3-2-4-15(22)9-13/h2-6,9-10,16-17,23,27H,7-8,11-12H2,1H3,(H,25,28)/t16-,17+/m0/s1. The Morgan fingerprint density at radius 1 is 1.41 bits per heavy atom. The van der Waals surface area contributed by atoms with Crippen LogP contribution in [0.15, 0.2) is 42.6 Å². The zero-order valence-corrected chi connectivity index (χ0v) is 16.9. The van der Waals surface area contributed by atoms with Crippen molar-refractivity contribution in [3.63, 3.8) is 0 Å². The fraction of sp³-hybridized carbons (Fsp3) is 0.333. The second-order valence-corrected chi connectivity index (χ2v) is 8.28. The molecule has 29 heavy (non-hydrogen) atoms.